The molecule has 0 aliphatic carbocycles. The molecule has 3 rings (SSSR count). The molecule has 1 saturated heterocycles. The lowest BCUT2D eigenvalue weighted by Gasteiger charge is -2.18. The number of carbonyl (C=O) groups is 3. The summed E-state index contributed by atoms with van der Waals surface area (Å²) in [5, 5.41) is 28.5. The van der Waals surface area contributed by atoms with E-state index in [4.69, 9.17) is 11.0 Å². The fraction of sp³-hybridized carbons (Fsp3) is 0.286. The number of carboxylic acid groups (broad SMARTS) is 1. The van der Waals surface area contributed by atoms with Crippen molar-refractivity contribution in [3.63, 3.8) is 0 Å². The third-order valence-electron chi connectivity index (χ3n) is 3.83. The van der Waals surface area contributed by atoms with E-state index in [-0.39, 0.29) is 35.2 Å². The summed E-state index contributed by atoms with van der Waals surface area (Å²) >= 11 is 1.10. The molecule has 1 fully saturated rings. The van der Waals surface area contributed by atoms with Crippen LogP contribution in [0.25, 0.3) is 0 Å². The van der Waals surface area contributed by atoms with Crippen LogP contribution in [0.4, 0.5) is 5.13 Å². The molecule has 27 heavy (non-hydrogen) atoms. The molecule has 0 radical (unpaired) electrons. The molecule has 13 heteroatoms. The van der Waals surface area contributed by atoms with Gasteiger partial charge < -0.3 is 21.0 Å². The minimum atomic E-state index is -1.39. The number of rotatable bonds is 5. The Morgan fingerprint density at radius 1 is 1.59 bits per heavy atom. The number of nitrogens with two attached hydrogens (primary N) is 1. The van der Waals surface area contributed by atoms with Crippen LogP contribution in [-0.2, 0) is 19.2 Å². The molecule has 0 saturated carbocycles. The number of hydrogen-bond acceptors (Lipinski definition) is 10. The standard InChI is InChI=1S/C14H13N7O5S/c1-26-19-9(8-5-27-14(16)18-8)11(22)17-7-4-20-3-6(2-15)10(13(24)25)21(20)12(7)23/h5,7H,3-4H2,1H3,(H2,16,18)(H,17,22)(H,24,25)/b19-9-/t7-/m0/s1. The zero-order valence-electron chi connectivity index (χ0n) is 13.9. The van der Waals surface area contributed by atoms with Gasteiger partial charge in [0.05, 0.1) is 18.2 Å². The molecule has 2 aliphatic rings. The summed E-state index contributed by atoms with van der Waals surface area (Å²) in [6.07, 6.45) is 0. The number of nitrogen functional groups attached to an aromatic ring is 1. The summed E-state index contributed by atoms with van der Waals surface area (Å²) < 4.78 is 0. The average molecular weight is 391 g/mol. The molecular weight excluding hydrogens is 378 g/mol. The number of hydrogen-bond donors (Lipinski definition) is 3. The van der Waals surface area contributed by atoms with Gasteiger partial charge in [0.1, 0.15) is 18.8 Å². The largest absolute Gasteiger partial charge is 0.476 e. The number of anilines is 1. The van der Waals surface area contributed by atoms with E-state index in [0.717, 1.165) is 16.3 Å². The Balaban J connectivity index is 1.80. The van der Waals surface area contributed by atoms with Crippen molar-refractivity contribution in [2.45, 2.75) is 6.04 Å². The third kappa shape index (κ3) is 3.18. The molecular formula is C14H13N7O5S. The van der Waals surface area contributed by atoms with Crippen LogP contribution >= 0.6 is 11.3 Å². The number of fused-ring (bicyclic) bond motifs is 1. The number of amides is 2. The zero-order valence-corrected chi connectivity index (χ0v) is 14.7. The van der Waals surface area contributed by atoms with Crippen molar-refractivity contribution in [1.82, 2.24) is 20.3 Å². The van der Waals surface area contributed by atoms with E-state index >= 15 is 0 Å². The Morgan fingerprint density at radius 2 is 2.33 bits per heavy atom. The molecule has 0 bridgehead atoms. The topological polar surface area (TPSA) is 174 Å². The van der Waals surface area contributed by atoms with Crippen LogP contribution in [-0.4, -0.2) is 69.8 Å². The maximum absolute atomic E-state index is 12.6. The Kier molecular flexibility index (Phi) is 4.75. The van der Waals surface area contributed by atoms with Gasteiger partial charge in [-0.3, -0.25) is 9.59 Å². The van der Waals surface area contributed by atoms with Crippen molar-refractivity contribution in [2.24, 2.45) is 5.16 Å². The van der Waals surface area contributed by atoms with Gasteiger partial charge in [-0.2, -0.15) is 5.26 Å². The molecule has 4 N–H and O–H groups in total. The van der Waals surface area contributed by atoms with E-state index < -0.39 is 29.5 Å². The number of carbonyl (C=O) groups excluding carboxylic acids is 2. The van der Waals surface area contributed by atoms with Crippen LogP contribution in [0, 0.1) is 11.3 Å². The number of aromatic nitrogens is 1. The van der Waals surface area contributed by atoms with Crippen LogP contribution in [0.3, 0.4) is 0 Å². The van der Waals surface area contributed by atoms with Gasteiger partial charge in [0, 0.05) is 11.9 Å². The smallest absolute Gasteiger partial charge is 0.355 e. The number of hydrazine groups is 1. The van der Waals surface area contributed by atoms with E-state index in [1.807, 2.05) is 0 Å². The second-order valence-electron chi connectivity index (χ2n) is 5.46. The number of carboxylic acids is 1. The first kappa shape index (κ1) is 18.3. The zero-order chi connectivity index (χ0) is 19.7. The lowest BCUT2D eigenvalue weighted by molar-refractivity contribution is -0.143. The van der Waals surface area contributed by atoms with E-state index in [2.05, 4.69) is 20.3 Å². The van der Waals surface area contributed by atoms with Gasteiger partial charge in [-0.25, -0.2) is 19.8 Å². The first-order chi connectivity index (χ1) is 12.9. The van der Waals surface area contributed by atoms with E-state index in [1.54, 1.807) is 6.07 Å². The van der Waals surface area contributed by atoms with Gasteiger partial charge in [-0.05, 0) is 0 Å². The number of nitrogens with zero attached hydrogens (tertiary/aromatic N) is 5. The highest BCUT2D eigenvalue weighted by Crippen LogP contribution is 2.29. The second-order valence-corrected chi connectivity index (χ2v) is 6.35. The van der Waals surface area contributed by atoms with Crippen molar-refractivity contribution in [3.05, 3.63) is 22.3 Å². The van der Waals surface area contributed by atoms with Crippen molar-refractivity contribution in [2.75, 3.05) is 25.9 Å². The predicted octanol–water partition coefficient (Wildman–Crippen LogP) is -1.50. The number of oxime groups is 1. The van der Waals surface area contributed by atoms with Gasteiger partial charge in [0.15, 0.2) is 16.5 Å². The normalized spacial score (nSPS) is 19.9. The summed E-state index contributed by atoms with van der Waals surface area (Å²) in [7, 11) is 1.25. The Labute approximate surface area is 156 Å². The molecule has 1 aromatic heterocycles. The lowest BCUT2D eigenvalue weighted by atomic mass is 10.2. The molecule has 0 unspecified atom stereocenters. The molecule has 12 nitrogen and oxygen atoms in total. The molecule has 0 aromatic carbocycles. The summed E-state index contributed by atoms with van der Waals surface area (Å²) in [5.74, 6) is -2.79. The first-order valence-electron chi connectivity index (χ1n) is 7.46. The number of nitriles is 1. The Hall–Kier alpha value is -3.50. The van der Waals surface area contributed by atoms with Gasteiger partial charge in [-0.1, -0.05) is 5.16 Å². The fourth-order valence-electron chi connectivity index (χ4n) is 2.76. The third-order valence-corrected chi connectivity index (χ3v) is 4.50. The number of nitrogens with one attached hydrogen (secondary N) is 1. The highest BCUT2D eigenvalue weighted by Gasteiger charge is 2.48. The molecule has 2 aliphatic heterocycles. The minimum absolute atomic E-state index is 0.00595. The predicted molar refractivity (Wildman–Crippen MR) is 90.7 cm³/mol. The van der Waals surface area contributed by atoms with Crippen molar-refractivity contribution in [1.29, 1.82) is 5.26 Å². The molecule has 1 atom stereocenters. The van der Waals surface area contributed by atoms with Crippen LogP contribution in [0.5, 0.6) is 0 Å². The van der Waals surface area contributed by atoms with Gasteiger partial charge in [0.2, 0.25) is 0 Å². The summed E-state index contributed by atoms with van der Waals surface area (Å²) in [5.41, 5.74) is 5.13. The monoisotopic (exact) mass is 391 g/mol. The van der Waals surface area contributed by atoms with Crippen LogP contribution in [0.15, 0.2) is 21.8 Å². The van der Waals surface area contributed by atoms with Crippen molar-refractivity contribution >= 4 is 40.0 Å². The lowest BCUT2D eigenvalue weighted by Crippen LogP contribution is -2.46. The summed E-state index contributed by atoms with van der Waals surface area (Å²) in [6, 6.07) is 0.757. The molecule has 140 valence electrons. The van der Waals surface area contributed by atoms with Crippen LogP contribution in [0.1, 0.15) is 5.69 Å². The summed E-state index contributed by atoms with van der Waals surface area (Å²) in [4.78, 5) is 45.1. The number of aliphatic carboxylic acids is 1. The Bertz CT molecular complexity index is 931. The second kappa shape index (κ2) is 7.02. The molecule has 2 amide bonds. The van der Waals surface area contributed by atoms with Gasteiger partial charge in [-0.15, -0.1) is 11.3 Å². The molecule has 0 spiro atoms. The van der Waals surface area contributed by atoms with Crippen LogP contribution in [0.2, 0.25) is 0 Å². The maximum Gasteiger partial charge on any atom is 0.355 e. The van der Waals surface area contributed by atoms with Crippen LogP contribution < -0.4 is 11.1 Å². The van der Waals surface area contributed by atoms with E-state index in [9.17, 15) is 19.5 Å². The first-order valence-corrected chi connectivity index (χ1v) is 8.34. The molecule has 1 aromatic rings. The van der Waals surface area contributed by atoms with E-state index in [1.165, 1.54) is 17.5 Å². The minimum Gasteiger partial charge on any atom is -0.476 e. The van der Waals surface area contributed by atoms with Crippen molar-refractivity contribution in [3.8, 4) is 6.07 Å². The highest BCUT2D eigenvalue weighted by atomic mass is 32.1. The molecule has 3 heterocycles. The summed E-state index contributed by atoms with van der Waals surface area (Å²) in [6.45, 7) is -0.0239. The van der Waals surface area contributed by atoms with E-state index in [0.29, 0.717) is 0 Å². The average Bonchev–Trinajstić information content (AvgIpc) is 3.28. The van der Waals surface area contributed by atoms with Gasteiger partial charge >= 0.3 is 5.97 Å². The van der Waals surface area contributed by atoms with Crippen molar-refractivity contribution < 1.29 is 24.3 Å². The quantitative estimate of drug-likeness (QED) is 0.398. The SMILES string of the molecule is CO/N=C(\C(=O)N[C@H]1CN2CC(C#N)=C(C(=O)O)N2C1=O)c1csc(N)n1. The van der Waals surface area contributed by atoms with Gasteiger partial charge in [0.25, 0.3) is 11.8 Å². The Morgan fingerprint density at radius 3 is 2.89 bits per heavy atom. The number of thiazole rings is 1. The highest BCUT2D eigenvalue weighted by molar-refractivity contribution is 7.13. The maximum atomic E-state index is 12.6. The fourth-order valence-corrected chi connectivity index (χ4v) is 3.31.